The van der Waals surface area contributed by atoms with Crippen molar-refractivity contribution in [2.24, 2.45) is 0 Å². The van der Waals surface area contributed by atoms with E-state index in [1.54, 1.807) is 0 Å². The van der Waals surface area contributed by atoms with Crippen LogP contribution in [0.1, 0.15) is 80.2 Å². The Labute approximate surface area is 174 Å². The maximum Gasteiger partial charge on any atom is 0.498 e. The molecular weight excluding hydrogens is 369 g/mol. The highest BCUT2D eigenvalue weighted by atomic mass is 16.7. The number of carbonyl (C=O) groups is 1. The first kappa shape index (κ1) is 20.7. The largest absolute Gasteiger partial charge is 0.498 e. The second-order valence-corrected chi connectivity index (χ2v) is 10.7. The molecule has 2 unspecified atom stereocenters. The van der Waals surface area contributed by atoms with Crippen molar-refractivity contribution in [1.29, 1.82) is 0 Å². The van der Waals surface area contributed by atoms with Gasteiger partial charge in [-0.15, -0.1) is 0 Å². The van der Waals surface area contributed by atoms with Gasteiger partial charge in [0.25, 0.3) is 0 Å². The number of hydrogen-bond acceptors (Lipinski definition) is 5. The van der Waals surface area contributed by atoms with E-state index in [0.29, 0.717) is 0 Å². The summed E-state index contributed by atoms with van der Waals surface area (Å²) in [5.41, 5.74) is -0.243. The minimum absolute atomic E-state index is 0.179. The minimum atomic E-state index is -0.465. The summed E-state index contributed by atoms with van der Waals surface area (Å²) in [6.07, 6.45) is 7.60. The highest BCUT2D eigenvalue weighted by molar-refractivity contribution is 6.62. The lowest BCUT2D eigenvalue weighted by Crippen LogP contribution is -2.48. The Hall–Kier alpha value is -1.54. The monoisotopic (exact) mass is 403 g/mol. The molecule has 0 N–H and O–H groups in total. The fourth-order valence-corrected chi connectivity index (χ4v) is 4.63. The van der Waals surface area contributed by atoms with Gasteiger partial charge in [-0.05, 0) is 74.1 Å². The number of carbonyl (C=O) groups excluding carboxylic acids is 1. The first-order chi connectivity index (χ1) is 13.4. The molecule has 0 saturated carbocycles. The average Bonchev–Trinajstić information content (AvgIpc) is 3.20. The molecule has 0 aliphatic carbocycles. The summed E-state index contributed by atoms with van der Waals surface area (Å²) in [5, 5.41) is 4.63. The lowest BCUT2D eigenvalue weighted by atomic mass is 9.82. The van der Waals surface area contributed by atoms with Gasteiger partial charge in [-0.3, -0.25) is 4.68 Å². The van der Waals surface area contributed by atoms with E-state index in [-0.39, 0.29) is 35.4 Å². The zero-order chi connectivity index (χ0) is 21.2. The lowest BCUT2D eigenvalue weighted by Gasteiger charge is -2.39. The van der Waals surface area contributed by atoms with E-state index in [4.69, 9.17) is 14.0 Å². The summed E-state index contributed by atoms with van der Waals surface area (Å²) in [5.74, 6) is 0. The van der Waals surface area contributed by atoms with Crippen molar-refractivity contribution in [3.05, 3.63) is 12.4 Å². The fourth-order valence-electron chi connectivity index (χ4n) is 4.63. The maximum absolute atomic E-state index is 12.7. The second-order valence-electron chi connectivity index (χ2n) is 10.7. The van der Waals surface area contributed by atoms with Crippen molar-refractivity contribution < 1.29 is 18.8 Å². The van der Waals surface area contributed by atoms with Gasteiger partial charge in [0.2, 0.25) is 0 Å². The molecule has 0 aromatic carbocycles. The van der Waals surface area contributed by atoms with Crippen LogP contribution in [-0.2, 0) is 14.0 Å². The molecule has 160 valence electrons. The number of rotatable bonds is 2. The van der Waals surface area contributed by atoms with Gasteiger partial charge in [0.05, 0.1) is 17.2 Å². The van der Waals surface area contributed by atoms with E-state index in [2.05, 4.69) is 39.0 Å². The van der Waals surface area contributed by atoms with E-state index < -0.39 is 12.7 Å². The average molecular weight is 403 g/mol. The Morgan fingerprint density at radius 1 is 1.10 bits per heavy atom. The number of ether oxygens (including phenoxy) is 1. The van der Waals surface area contributed by atoms with Crippen molar-refractivity contribution in [3.63, 3.8) is 0 Å². The van der Waals surface area contributed by atoms with Crippen LogP contribution in [0.15, 0.2) is 12.4 Å². The number of hydrogen-bond donors (Lipinski definition) is 0. The standard InChI is InChI=1S/C21H34BN3O4/c1-19(2,3)27-18(26)25-15-8-9-16(25)11-17(10-15)24-13-14(12-23-24)22-28-20(4,5)21(6,7)29-22/h12-13,15-17H,8-11H2,1-7H3. The van der Waals surface area contributed by atoms with Gasteiger partial charge in [-0.1, -0.05) is 0 Å². The van der Waals surface area contributed by atoms with Crippen molar-refractivity contribution in [2.75, 3.05) is 0 Å². The number of fused-ring (bicyclic) bond motifs is 2. The second kappa shape index (κ2) is 6.74. The highest BCUT2D eigenvalue weighted by Gasteiger charge is 2.52. The molecule has 3 saturated heterocycles. The Kier molecular flexibility index (Phi) is 4.82. The Balaban J connectivity index is 1.44. The third-order valence-corrected chi connectivity index (χ3v) is 6.83. The molecule has 0 spiro atoms. The molecule has 1 aromatic heterocycles. The number of piperidine rings is 1. The zero-order valence-corrected chi connectivity index (χ0v) is 18.8. The summed E-state index contributed by atoms with van der Waals surface area (Å²) >= 11 is 0. The maximum atomic E-state index is 12.7. The molecule has 8 heteroatoms. The third kappa shape index (κ3) is 3.81. The Bertz CT molecular complexity index is 755. The van der Waals surface area contributed by atoms with Gasteiger partial charge in [0.1, 0.15) is 5.60 Å². The summed E-state index contributed by atoms with van der Waals surface area (Å²) in [7, 11) is -0.396. The van der Waals surface area contributed by atoms with E-state index >= 15 is 0 Å². The summed E-state index contributed by atoms with van der Waals surface area (Å²) in [4.78, 5) is 14.6. The Morgan fingerprint density at radius 3 is 2.17 bits per heavy atom. The van der Waals surface area contributed by atoms with Crippen molar-refractivity contribution in [3.8, 4) is 0 Å². The van der Waals surface area contributed by atoms with Crippen molar-refractivity contribution >= 4 is 18.7 Å². The number of amides is 1. The van der Waals surface area contributed by atoms with Gasteiger partial charge in [-0.2, -0.15) is 5.10 Å². The summed E-state index contributed by atoms with van der Waals surface area (Å²) in [6.45, 7) is 14.0. The molecule has 3 aliphatic rings. The van der Waals surface area contributed by atoms with Crippen LogP contribution in [0.4, 0.5) is 4.79 Å². The summed E-state index contributed by atoms with van der Waals surface area (Å²) in [6, 6.07) is 0.721. The number of nitrogens with zero attached hydrogens (tertiary/aromatic N) is 3. The van der Waals surface area contributed by atoms with Crippen molar-refractivity contribution in [2.45, 2.75) is 109 Å². The van der Waals surface area contributed by atoms with Gasteiger partial charge < -0.3 is 18.9 Å². The molecule has 29 heavy (non-hydrogen) atoms. The highest BCUT2D eigenvalue weighted by Crippen LogP contribution is 2.41. The van der Waals surface area contributed by atoms with Gasteiger partial charge in [0, 0.05) is 29.9 Å². The topological polar surface area (TPSA) is 65.8 Å². The van der Waals surface area contributed by atoms with Crippen LogP contribution in [0.25, 0.3) is 0 Å². The normalized spacial score (nSPS) is 30.7. The van der Waals surface area contributed by atoms with E-state index in [0.717, 1.165) is 31.1 Å². The van der Waals surface area contributed by atoms with Crippen LogP contribution in [0.5, 0.6) is 0 Å². The molecule has 4 heterocycles. The Morgan fingerprint density at radius 2 is 1.66 bits per heavy atom. The molecule has 3 aliphatic heterocycles. The molecule has 2 atom stereocenters. The molecule has 7 nitrogen and oxygen atoms in total. The van der Waals surface area contributed by atoms with E-state index in [9.17, 15) is 4.79 Å². The molecule has 3 fully saturated rings. The smallest absolute Gasteiger partial charge is 0.444 e. The van der Waals surface area contributed by atoms with Crippen LogP contribution in [-0.4, -0.2) is 56.8 Å². The third-order valence-electron chi connectivity index (χ3n) is 6.83. The van der Waals surface area contributed by atoms with Crippen LogP contribution in [0.3, 0.4) is 0 Å². The molecule has 1 aromatic rings. The molecular formula is C21H34BN3O4. The first-order valence-electron chi connectivity index (χ1n) is 10.8. The molecule has 0 radical (unpaired) electrons. The van der Waals surface area contributed by atoms with E-state index in [1.807, 2.05) is 36.5 Å². The van der Waals surface area contributed by atoms with Gasteiger partial charge >= 0.3 is 13.2 Å². The summed E-state index contributed by atoms with van der Waals surface area (Å²) < 4.78 is 20.0. The molecule has 1 amide bonds. The van der Waals surface area contributed by atoms with Crippen LogP contribution in [0, 0.1) is 0 Å². The molecule has 4 rings (SSSR count). The predicted molar refractivity (Wildman–Crippen MR) is 111 cm³/mol. The van der Waals surface area contributed by atoms with E-state index in [1.165, 1.54) is 0 Å². The number of aromatic nitrogens is 2. The van der Waals surface area contributed by atoms with Crippen molar-refractivity contribution in [1.82, 2.24) is 14.7 Å². The predicted octanol–water partition coefficient (Wildman–Crippen LogP) is 3.29. The van der Waals surface area contributed by atoms with Crippen LogP contribution in [0.2, 0.25) is 0 Å². The molecule has 2 bridgehead atoms. The fraction of sp³-hybridized carbons (Fsp3) is 0.810. The zero-order valence-electron chi connectivity index (χ0n) is 18.8. The minimum Gasteiger partial charge on any atom is -0.444 e. The quantitative estimate of drug-likeness (QED) is 0.709. The van der Waals surface area contributed by atoms with Gasteiger partial charge in [-0.25, -0.2) is 4.79 Å². The van der Waals surface area contributed by atoms with Crippen LogP contribution >= 0.6 is 0 Å². The van der Waals surface area contributed by atoms with Gasteiger partial charge in [0.15, 0.2) is 0 Å². The lowest BCUT2D eigenvalue weighted by molar-refractivity contribution is 0.00232. The van der Waals surface area contributed by atoms with Crippen LogP contribution < -0.4 is 5.46 Å². The first-order valence-corrected chi connectivity index (χ1v) is 10.8. The SMILES string of the molecule is CC(C)(C)OC(=O)N1C2CCC1CC(n1cc(B3OC(C)(C)C(C)(C)O3)cn1)C2.